The Morgan fingerprint density at radius 1 is 1.29 bits per heavy atom. The van der Waals surface area contributed by atoms with Gasteiger partial charge >= 0.3 is 0 Å². The lowest BCUT2D eigenvalue weighted by atomic mass is 10.00. The average Bonchev–Trinajstić information content (AvgIpc) is 3.17. The number of aromatic nitrogens is 5. The molecule has 124 valence electrons. The fourth-order valence-corrected chi connectivity index (χ4v) is 3.32. The molecule has 2 aromatic heterocycles. The predicted octanol–water partition coefficient (Wildman–Crippen LogP) is 2.17. The molecule has 9 heteroatoms. The molecule has 1 N–H and O–H groups in total. The van der Waals surface area contributed by atoms with Gasteiger partial charge in [-0.05, 0) is 53.7 Å². The molecule has 3 aromatic rings. The zero-order chi connectivity index (χ0) is 16.7. The minimum atomic E-state index is -0.401. The van der Waals surface area contributed by atoms with Crippen LogP contribution < -0.4 is 5.32 Å². The van der Waals surface area contributed by atoms with Crippen molar-refractivity contribution in [1.82, 2.24) is 30.2 Å². The molecule has 1 aliphatic rings. The molecule has 0 bridgehead atoms. The first-order valence-corrected chi connectivity index (χ1v) is 7.97. The van der Waals surface area contributed by atoms with Crippen molar-refractivity contribution in [2.75, 3.05) is 18.9 Å². The second kappa shape index (κ2) is 5.95. The number of halogens is 2. The summed E-state index contributed by atoms with van der Waals surface area (Å²) in [6, 6.07) is 8.72. The first-order valence-electron chi connectivity index (χ1n) is 7.59. The number of tetrazole rings is 1. The van der Waals surface area contributed by atoms with Crippen molar-refractivity contribution >= 4 is 23.1 Å². The summed E-state index contributed by atoms with van der Waals surface area (Å²) in [5.41, 5.74) is 1.47. The average molecular weight is 348 g/mol. The summed E-state index contributed by atoms with van der Waals surface area (Å²) in [6.45, 7) is 0.902. The quantitative estimate of drug-likeness (QED) is 0.783. The van der Waals surface area contributed by atoms with Gasteiger partial charge in [-0.1, -0.05) is 17.7 Å². The number of nitrogens with one attached hydrogen (secondary N) is 1. The summed E-state index contributed by atoms with van der Waals surface area (Å²) in [5, 5.41) is 19.1. The van der Waals surface area contributed by atoms with E-state index >= 15 is 0 Å². The third-order valence-electron chi connectivity index (χ3n) is 4.34. The summed E-state index contributed by atoms with van der Waals surface area (Å²) in [4.78, 5) is 2.19. The Hall–Kier alpha value is -2.32. The molecule has 1 fully saturated rings. The minimum Gasteiger partial charge on any atom is -0.364 e. The highest BCUT2D eigenvalue weighted by Crippen LogP contribution is 2.34. The summed E-state index contributed by atoms with van der Waals surface area (Å²) in [6.07, 6.45) is 0.917. The van der Waals surface area contributed by atoms with Gasteiger partial charge in [0, 0.05) is 12.6 Å². The Kier molecular flexibility index (Phi) is 3.78. The number of hydrogen-bond donors (Lipinski definition) is 1. The number of anilines is 1. The molecule has 7 nitrogen and oxygen atoms in total. The Morgan fingerprint density at radius 2 is 2.17 bits per heavy atom. The Morgan fingerprint density at radius 3 is 3.00 bits per heavy atom. The van der Waals surface area contributed by atoms with Crippen molar-refractivity contribution in [3.05, 3.63) is 46.7 Å². The van der Waals surface area contributed by atoms with E-state index in [1.54, 1.807) is 12.1 Å². The molecular weight excluding hydrogens is 333 g/mol. The maximum Gasteiger partial charge on any atom is 0.200 e. The van der Waals surface area contributed by atoms with Crippen LogP contribution in [0.2, 0.25) is 5.02 Å². The number of likely N-dealkylation sites (tertiary alicyclic amines) is 1. The molecule has 0 amide bonds. The van der Waals surface area contributed by atoms with E-state index in [0.717, 1.165) is 18.5 Å². The van der Waals surface area contributed by atoms with Crippen molar-refractivity contribution in [2.24, 2.45) is 0 Å². The topological polar surface area (TPSA) is 71.2 Å². The van der Waals surface area contributed by atoms with Crippen LogP contribution in [-0.4, -0.2) is 49.8 Å². The van der Waals surface area contributed by atoms with Gasteiger partial charge in [-0.25, -0.2) is 4.39 Å². The van der Waals surface area contributed by atoms with E-state index in [1.165, 1.54) is 10.7 Å². The van der Waals surface area contributed by atoms with Gasteiger partial charge in [0.25, 0.3) is 0 Å². The van der Waals surface area contributed by atoms with E-state index in [9.17, 15) is 4.39 Å². The normalized spacial score (nSPS) is 21.5. The van der Waals surface area contributed by atoms with Crippen molar-refractivity contribution in [3.63, 3.8) is 0 Å². The highest BCUT2D eigenvalue weighted by Gasteiger charge is 2.33. The molecule has 1 aliphatic heterocycles. The molecule has 2 atom stereocenters. The molecule has 1 saturated heterocycles. The van der Waals surface area contributed by atoms with Crippen LogP contribution in [0.25, 0.3) is 5.65 Å². The molecule has 1 aromatic carbocycles. The van der Waals surface area contributed by atoms with Crippen LogP contribution >= 0.6 is 11.6 Å². The lowest BCUT2D eigenvalue weighted by Gasteiger charge is -2.26. The van der Waals surface area contributed by atoms with Crippen LogP contribution in [0, 0.1) is 5.82 Å². The van der Waals surface area contributed by atoms with Gasteiger partial charge in [-0.15, -0.1) is 14.8 Å². The molecule has 24 heavy (non-hydrogen) atoms. The van der Waals surface area contributed by atoms with Gasteiger partial charge in [0.1, 0.15) is 11.6 Å². The van der Waals surface area contributed by atoms with Crippen molar-refractivity contribution in [1.29, 1.82) is 0 Å². The van der Waals surface area contributed by atoms with Crippen LogP contribution in [0.1, 0.15) is 18.0 Å². The van der Waals surface area contributed by atoms with Gasteiger partial charge in [-0.3, -0.25) is 4.90 Å². The maximum absolute atomic E-state index is 13.8. The molecule has 3 heterocycles. The van der Waals surface area contributed by atoms with Crippen LogP contribution in [0.15, 0.2) is 30.3 Å². The fourth-order valence-electron chi connectivity index (χ4n) is 3.20. The lowest BCUT2D eigenvalue weighted by Crippen LogP contribution is -2.29. The zero-order valence-corrected chi connectivity index (χ0v) is 13.7. The number of benzene rings is 1. The lowest BCUT2D eigenvalue weighted by molar-refractivity contribution is 0.308. The van der Waals surface area contributed by atoms with Crippen molar-refractivity contribution < 1.29 is 4.39 Å². The monoisotopic (exact) mass is 347 g/mol. The van der Waals surface area contributed by atoms with Crippen LogP contribution in [-0.2, 0) is 0 Å². The number of nitrogens with zero attached hydrogens (tertiary/aromatic N) is 6. The van der Waals surface area contributed by atoms with E-state index in [-0.39, 0.29) is 17.1 Å². The molecular formula is C15H15ClFN7. The standard InChI is InChI=1S/C15H15ClFN7/c1-23-7-6-12(15(23)9-2-3-10(16)11(17)8-9)18-13-4-5-14-19-21-22-24(14)20-13/h2-5,8,12,15H,6-7H2,1H3,(H,18,20)/t12-,15+/m0/s1. The van der Waals surface area contributed by atoms with Crippen LogP contribution in [0.4, 0.5) is 10.2 Å². The molecule has 0 saturated carbocycles. The van der Waals surface area contributed by atoms with Gasteiger partial charge < -0.3 is 5.32 Å². The van der Waals surface area contributed by atoms with Gasteiger partial charge in [0.2, 0.25) is 0 Å². The summed E-state index contributed by atoms with van der Waals surface area (Å²) >= 11 is 5.80. The highest BCUT2D eigenvalue weighted by molar-refractivity contribution is 6.30. The largest absolute Gasteiger partial charge is 0.364 e. The molecule has 0 aliphatic carbocycles. The third kappa shape index (κ3) is 2.67. The molecule has 4 rings (SSSR count). The SMILES string of the molecule is CN1CC[C@H](Nc2ccc3nnnn3n2)[C@H]1c1ccc(Cl)c(F)c1. The van der Waals surface area contributed by atoms with Crippen molar-refractivity contribution in [2.45, 2.75) is 18.5 Å². The highest BCUT2D eigenvalue weighted by atomic mass is 35.5. The fraction of sp³-hybridized carbons (Fsp3) is 0.333. The zero-order valence-electron chi connectivity index (χ0n) is 12.9. The first kappa shape index (κ1) is 15.2. The maximum atomic E-state index is 13.8. The summed E-state index contributed by atoms with van der Waals surface area (Å²) < 4.78 is 15.2. The van der Waals surface area contributed by atoms with E-state index in [1.807, 2.05) is 19.2 Å². The number of rotatable bonds is 3. The number of hydrogen-bond acceptors (Lipinski definition) is 6. The second-order valence-electron chi connectivity index (χ2n) is 5.88. The van der Waals surface area contributed by atoms with E-state index in [2.05, 4.69) is 30.8 Å². The first-order chi connectivity index (χ1) is 11.6. The van der Waals surface area contributed by atoms with Gasteiger partial charge in [0.15, 0.2) is 5.65 Å². The molecule has 0 spiro atoms. The predicted molar refractivity (Wildman–Crippen MR) is 87.4 cm³/mol. The van der Waals surface area contributed by atoms with E-state index in [4.69, 9.17) is 11.6 Å². The summed E-state index contributed by atoms with van der Waals surface area (Å²) in [5.74, 6) is 0.274. The Bertz CT molecular complexity index is 883. The molecule has 0 radical (unpaired) electrons. The molecule has 0 unspecified atom stereocenters. The minimum absolute atomic E-state index is 0.0307. The Labute approximate surface area is 142 Å². The Balaban J connectivity index is 1.62. The number of likely N-dealkylation sites (N-methyl/N-ethyl adjacent to an activating group) is 1. The van der Waals surface area contributed by atoms with Crippen LogP contribution in [0.3, 0.4) is 0 Å². The number of fused-ring (bicyclic) bond motifs is 1. The third-order valence-corrected chi connectivity index (χ3v) is 4.64. The van der Waals surface area contributed by atoms with Crippen molar-refractivity contribution in [3.8, 4) is 0 Å². The smallest absolute Gasteiger partial charge is 0.200 e. The summed E-state index contributed by atoms with van der Waals surface area (Å²) in [7, 11) is 2.02. The van der Waals surface area contributed by atoms with Gasteiger partial charge in [-0.2, -0.15) is 0 Å². The van der Waals surface area contributed by atoms with E-state index < -0.39 is 5.82 Å². The van der Waals surface area contributed by atoms with Gasteiger partial charge in [0.05, 0.1) is 11.1 Å². The van der Waals surface area contributed by atoms with Crippen LogP contribution in [0.5, 0.6) is 0 Å². The van der Waals surface area contributed by atoms with E-state index in [0.29, 0.717) is 11.5 Å². The second-order valence-corrected chi connectivity index (χ2v) is 6.29.